The highest BCUT2D eigenvalue weighted by Gasteiger charge is 2.27. The molecule has 1 heterocycles. The van der Waals surface area contributed by atoms with E-state index in [4.69, 9.17) is 9.47 Å². The van der Waals surface area contributed by atoms with E-state index < -0.39 is 0 Å². The number of hydrogen-bond acceptors (Lipinski definition) is 3. The Balaban J connectivity index is 1.41. The molecule has 0 N–H and O–H groups in total. The van der Waals surface area contributed by atoms with E-state index in [0.29, 0.717) is 0 Å². The molecule has 2 aromatic rings. The lowest BCUT2D eigenvalue weighted by Crippen LogP contribution is -2.29. The van der Waals surface area contributed by atoms with Crippen LogP contribution in [0.4, 0.5) is 4.39 Å². The van der Waals surface area contributed by atoms with Crippen molar-refractivity contribution in [2.75, 3.05) is 33.9 Å². The van der Waals surface area contributed by atoms with Gasteiger partial charge in [-0.05, 0) is 73.5 Å². The number of methoxy groups -OCH3 is 1. The topological polar surface area (TPSA) is 21.7 Å². The zero-order valence-corrected chi connectivity index (χ0v) is 16.3. The zero-order chi connectivity index (χ0) is 18.8. The van der Waals surface area contributed by atoms with E-state index in [1.807, 2.05) is 0 Å². The van der Waals surface area contributed by atoms with Gasteiger partial charge in [0.15, 0.2) is 0 Å². The largest absolute Gasteiger partial charge is 0.496 e. The van der Waals surface area contributed by atoms with Crippen LogP contribution in [-0.4, -0.2) is 38.8 Å². The van der Waals surface area contributed by atoms with Gasteiger partial charge in [-0.25, -0.2) is 4.39 Å². The van der Waals surface area contributed by atoms with Gasteiger partial charge in [-0.1, -0.05) is 12.1 Å². The molecule has 4 heteroatoms. The number of fused-ring (bicyclic) bond motifs is 2. The Hall–Kier alpha value is -2.07. The van der Waals surface area contributed by atoms with E-state index in [9.17, 15) is 4.39 Å². The Kier molecular flexibility index (Phi) is 5.35. The van der Waals surface area contributed by atoms with Crippen LogP contribution in [0.25, 0.3) is 0 Å². The molecule has 0 spiro atoms. The first-order valence-corrected chi connectivity index (χ1v) is 9.94. The molecule has 1 unspecified atom stereocenters. The second-order valence-electron chi connectivity index (χ2n) is 7.78. The predicted octanol–water partition coefficient (Wildman–Crippen LogP) is 4.36. The minimum atomic E-state index is -0.0810. The standard InChI is InChI=1S/C23H28FNO2/c1-25(12-10-16-6-8-21-17(14-16)11-13-27-21)15-18-4-3-5-19-22(26-2)9-7-20(24)23(18)19/h6-9,14,18H,3-5,10-13,15H2,1-2H3. The first-order valence-electron chi connectivity index (χ1n) is 9.94. The van der Waals surface area contributed by atoms with E-state index in [-0.39, 0.29) is 11.7 Å². The molecule has 0 aromatic heterocycles. The van der Waals surface area contributed by atoms with Crippen molar-refractivity contribution in [1.29, 1.82) is 0 Å². The van der Waals surface area contributed by atoms with Crippen LogP contribution in [-0.2, 0) is 19.3 Å². The lowest BCUT2D eigenvalue weighted by atomic mass is 9.81. The molecule has 4 rings (SSSR count). The smallest absolute Gasteiger partial charge is 0.127 e. The summed E-state index contributed by atoms with van der Waals surface area (Å²) in [5, 5.41) is 0. The van der Waals surface area contributed by atoms with Gasteiger partial charge < -0.3 is 14.4 Å². The number of rotatable bonds is 6. The van der Waals surface area contributed by atoms with Crippen molar-refractivity contribution in [2.45, 2.75) is 38.0 Å². The molecule has 2 aliphatic rings. The summed E-state index contributed by atoms with van der Waals surface area (Å²) in [7, 11) is 3.81. The van der Waals surface area contributed by atoms with Crippen molar-refractivity contribution in [3.63, 3.8) is 0 Å². The summed E-state index contributed by atoms with van der Waals surface area (Å²) in [6, 6.07) is 9.85. The summed E-state index contributed by atoms with van der Waals surface area (Å²) >= 11 is 0. The molecule has 1 atom stereocenters. The van der Waals surface area contributed by atoms with Gasteiger partial charge in [0.25, 0.3) is 0 Å². The molecule has 144 valence electrons. The lowest BCUT2D eigenvalue weighted by molar-refractivity contribution is 0.295. The number of benzene rings is 2. The normalized spacial score (nSPS) is 18.1. The van der Waals surface area contributed by atoms with Crippen LogP contribution in [0.15, 0.2) is 30.3 Å². The van der Waals surface area contributed by atoms with Crippen molar-refractivity contribution in [2.24, 2.45) is 0 Å². The SMILES string of the molecule is COc1ccc(F)c2c1CCCC2CN(C)CCc1ccc2c(c1)CCO2. The van der Waals surface area contributed by atoms with Crippen molar-refractivity contribution >= 4 is 0 Å². The number of nitrogens with zero attached hydrogens (tertiary/aromatic N) is 1. The Bertz CT molecular complexity index is 820. The molecule has 0 saturated carbocycles. The molecular formula is C23H28FNO2. The van der Waals surface area contributed by atoms with Crippen molar-refractivity contribution in [3.05, 3.63) is 58.4 Å². The molecule has 27 heavy (non-hydrogen) atoms. The average Bonchev–Trinajstić information content (AvgIpc) is 3.14. The maximum absolute atomic E-state index is 14.6. The summed E-state index contributed by atoms with van der Waals surface area (Å²) in [5.74, 6) is 2.03. The van der Waals surface area contributed by atoms with Gasteiger partial charge in [-0.2, -0.15) is 0 Å². The number of halogens is 1. The Labute approximate surface area is 161 Å². The Morgan fingerprint density at radius 3 is 2.96 bits per heavy atom. The van der Waals surface area contributed by atoms with Crippen molar-refractivity contribution < 1.29 is 13.9 Å². The van der Waals surface area contributed by atoms with Crippen LogP contribution in [0.3, 0.4) is 0 Å². The molecule has 0 amide bonds. The zero-order valence-electron chi connectivity index (χ0n) is 16.3. The highest BCUT2D eigenvalue weighted by atomic mass is 19.1. The first-order chi connectivity index (χ1) is 13.2. The maximum Gasteiger partial charge on any atom is 0.127 e. The quantitative estimate of drug-likeness (QED) is 0.755. The highest BCUT2D eigenvalue weighted by molar-refractivity contribution is 5.45. The van der Waals surface area contributed by atoms with Crippen LogP contribution in [0, 0.1) is 5.82 Å². The predicted molar refractivity (Wildman–Crippen MR) is 105 cm³/mol. The fourth-order valence-electron chi connectivity index (χ4n) is 4.54. The van der Waals surface area contributed by atoms with Gasteiger partial charge >= 0.3 is 0 Å². The summed E-state index contributed by atoms with van der Waals surface area (Å²) in [6.07, 6.45) is 5.06. The summed E-state index contributed by atoms with van der Waals surface area (Å²) < 4.78 is 25.6. The summed E-state index contributed by atoms with van der Waals surface area (Å²) in [4.78, 5) is 2.34. The fourth-order valence-corrected chi connectivity index (χ4v) is 4.54. The number of ether oxygens (including phenoxy) is 2. The Morgan fingerprint density at radius 2 is 2.11 bits per heavy atom. The third-order valence-electron chi connectivity index (χ3n) is 5.94. The van der Waals surface area contributed by atoms with E-state index >= 15 is 0 Å². The molecule has 0 fully saturated rings. The fraction of sp³-hybridized carbons (Fsp3) is 0.478. The average molecular weight is 369 g/mol. The molecule has 2 aromatic carbocycles. The van der Waals surface area contributed by atoms with Crippen molar-refractivity contribution in [3.8, 4) is 11.5 Å². The third kappa shape index (κ3) is 3.81. The van der Waals surface area contributed by atoms with Gasteiger partial charge in [-0.3, -0.25) is 0 Å². The molecule has 1 aliphatic heterocycles. The third-order valence-corrected chi connectivity index (χ3v) is 5.94. The molecule has 3 nitrogen and oxygen atoms in total. The van der Waals surface area contributed by atoms with E-state index in [1.54, 1.807) is 19.2 Å². The van der Waals surface area contributed by atoms with Crippen molar-refractivity contribution in [1.82, 2.24) is 4.90 Å². The van der Waals surface area contributed by atoms with Crippen LogP contribution in [0.2, 0.25) is 0 Å². The van der Waals surface area contributed by atoms with Crippen LogP contribution < -0.4 is 9.47 Å². The van der Waals surface area contributed by atoms with E-state index in [1.165, 1.54) is 11.1 Å². The summed E-state index contributed by atoms with van der Waals surface area (Å²) in [6.45, 7) is 2.65. The second-order valence-corrected chi connectivity index (χ2v) is 7.78. The molecule has 0 radical (unpaired) electrons. The molecule has 1 aliphatic carbocycles. The van der Waals surface area contributed by atoms with E-state index in [0.717, 1.165) is 74.4 Å². The second kappa shape index (κ2) is 7.89. The number of hydrogen-bond donors (Lipinski definition) is 0. The minimum absolute atomic E-state index is 0.0810. The van der Waals surface area contributed by atoms with Gasteiger partial charge in [0.05, 0.1) is 13.7 Å². The molecular weight excluding hydrogens is 341 g/mol. The van der Waals surface area contributed by atoms with Crippen LogP contribution >= 0.6 is 0 Å². The highest BCUT2D eigenvalue weighted by Crippen LogP contribution is 2.38. The Morgan fingerprint density at radius 1 is 1.22 bits per heavy atom. The number of likely N-dealkylation sites (N-methyl/N-ethyl adjacent to an activating group) is 1. The maximum atomic E-state index is 14.6. The van der Waals surface area contributed by atoms with Gasteiger partial charge in [-0.15, -0.1) is 0 Å². The lowest BCUT2D eigenvalue weighted by Gasteiger charge is -2.30. The van der Waals surface area contributed by atoms with E-state index in [2.05, 4.69) is 30.1 Å². The van der Waals surface area contributed by atoms with Crippen LogP contribution in [0.5, 0.6) is 11.5 Å². The van der Waals surface area contributed by atoms with Gasteiger partial charge in [0, 0.05) is 25.1 Å². The molecule has 0 saturated heterocycles. The first kappa shape index (κ1) is 18.3. The van der Waals surface area contributed by atoms with Crippen LogP contribution in [0.1, 0.15) is 41.0 Å². The summed E-state index contributed by atoms with van der Waals surface area (Å²) in [5.41, 5.74) is 4.62. The van der Waals surface area contributed by atoms with Gasteiger partial charge in [0.1, 0.15) is 17.3 Å². The molecule has 0 bridgehead atoms. The van der Waals surface area contributed by atoms with Gasteiger partial charge in [0.2, 0.25) is 0 Å². The minimum Gasteiger partial charge on any atom is -0.496 e. The monoisotopic (exact) mass is 369 g/mol.